The van der Waals surface area contributed by atoms with E-state index in [1.807, 2.05) is 11.3 Å². The van der Waals surface area contributed by atoms with Crippen molar-refractivity contribution in [3.63, 3.8) is 0 Å². The molecule has 1 saturated heterocycles. The first-order chi connectivity index (χ1) is 10.4. The van der Waals surface area contributed by atoms with Crippen LogP contribution < -0.4 is 5.32 Å². The maximum atomic E-state index is 4.94. The first-order valence-corrected chi connectivity index (χ1v) is 9.73. The second kappa shape index (κ2) is 6.11. The summed E-state index contributed by atoms with van der Waals surface area (Å²) in [4.78, 5) is 4.94. The van der Waals surface area contributed by atoms with Crippen molar-refractivity contribution in [3.05, 3.63) is 39.7 Å². The van der Waals surface area contributed by atoms with E-state index in [1.165, 1.54) is 52.4 Å². The van der Waals surface area contributed by atoms with Crippen LogP contribution in [0.5, 0.6) is 0 Å². The summed E-state index contributed by atoms with van der Waals surface area (Å²) in [6.07, 6.45) is 5.17. The molecule has 0 saturated carbocycles. The summed E-state index contributed by atoms with van der Waals surface area (Å²) >= 11 is 3.93. The third kappa shape index (κ3) is 2.89. The molecular weight excluding hydrogens is 296 g/mol. The van der Waals surface area contributed by atoms with Crippen LogP contribution in [0.1, 0.15) is 40.6 Å². The zero-order valence-electron chi connectivity index (χ0n) is 12.1. The molecule has 0 bridgehead atoms. The Bertz CT molecular complexity index is 629. The predicted octanol–water partition coefficient (Wildman–Crippen LogP) is 4.41. The van der Waals surface area contributed by atoms with Gasteiger partial charge in [0, 0.05) is 17.5 Å². The lowest BCUT2D eigenvalue weighted by molar-refractivity contribution is 0.644. The van der Waals surface area contributed by atoms with Crippen molar-refractivity contribution in [1.82, 2.24) is 10.3 Å². The monoisotopic (exact) mass is 316 g/mol. The number of benzene rings is 1. The molecule has 0 aliphatic carbocycles. The number of aromatic nitrogens is 1. The summed E-state index contributed by atoms with van der Waals surface area (Å²) in [7, 11) is 0. The van der Waals surface area contributed by atoms with E-state index in [2.05, 4.69) is 40.7 Å². The molecule has 2 aliphatic heterocycles. The van der Waals surface area contributed by atoms with E-state index in [4.69, 9.17) is 4.98 Å². The molecule has 2 aromatic rings. The third-order valence-electron chi connectivity index (χ3n) is 4.37. The van der Waals surface area contributed by atoms with Gasteiger partial charge >= 0.3 is 0 Å². The number of thiazole rings is 1. The largest absolute Gasteiger partial charge is 0.312 e. The van der Waals surface area contributed by atoms with E-state index in [1.54, 1.807) is 0 Å². The average Bonchev–Trinajstić information content (AvgIpc) is 3.05. The minimum Gasteiger partial charge on any atom is -0.312 e. The smallest absolute Gasteiger partial charge is 0.106 e. The molecule has 4 heteroatoms. The number of rotatable bonds is 2. The highest BCUT2D eigenvalue weighted by molar-refractivity contribution is 7.99. The Hall–Kier alpha value is -0.840. The number of hydrogen-bond acceptors (Lipinski definition) is 4. The maximum absolute atomic E-state index is 4.94. The van der Waals surface area contributed by atoms with Gasteiger partial charge in [-0.3, -0.25) is 0 Å². The molecule has 1 fully saturated rings. The Morgan fingerprint density at radius 1 is 1.19 bits per heavy atom. The molecule has 1 unspecified atom stereocenters. The fourth-order valence-electron chi connectivity index (χ4n) is 3.14. The van der Waals surface area contributed by atoms with Crippen molar-refractivity contribution in [1.29, 1.82) is 0 Å². The van der Waals surface area contributed by atoms with Crippen LogP contribution in [0, 0.1) is 0 Å². The normalized spacial score (nSPS) is 22.0. The molecule has 1 aromatic heterocycles. The van der Waals surface area contributed by atoms with Crippen molar-refractivity contribution in [2.75, 3.05) is 12.3 Å². The van der Waals surface area contributed by atoms with E-state index in [0.29, 0.717) is 5.25 Å². The summed E-state index contributed by atoms with van der Waals surface area (Å²) in [5, 5.41) is 7.64. The van der Waals surface area contributed by atoms with Crippen molar-refractivity contribution in [2.24, 2.45) is 0 Å². The minimum absolute atomic E-state index is 0.638. The van der Waals surface area contributed by atoms with E-state index >= 15 is 0 Å². The topological polar surface area (TPSA) is 24.9 Å². The Kier molecular flexibility index (Phi) is 4.01. The molecule has 0 radical (unpaired) electrons. The van der Waals surface area contributed by atoms with E-state index in [9.17, 15) is 0 Å². The maximum Gasteiger partial charge on any atom is 0.106 e. The van der Waals surface area contributed by atoms with Gasteiger partial charge in [-0.1, -0.05) is 18.6 Å². The average molecular weight is 316 g/mol. The van der Waals surface area contributed by atoms with Crippen LogP contribution in [-0.4, -0.2) is 17.3 Å². The lowest BCUT2D eigenvalue weighted by atomic mass is 9.98. The number of nitrogens with one attached hydrogen (secondary N) is 1. The lowest BCUT2D eigenvalue weighted by Crippen LogP contribution is -2.23. The van der Waals surface area contributed by atoms with Gasteiger partial charge in [-0.25, -0.2) is 4.98 Å². The highest BCUT2D eigenvalue weighted by Gasteiger charge is 2.20. The zero-order valence-corrected chi connectivity index (χ0v) is 13.7. The van der Waals surface area contributed by atoms with Crippen molar-refractivity contribution < 1.29 is 0 Å². The van der Waals surface area contributed by atoms with E-state index in [-0.39, 0.29) is 0 Å². The molecule has 1 aromatic carbocycles. The van der Waals surface area contributed by atoms with Crippen molar-refractivity contribution >= 4 is 23.1 Å². The van der Waals surface area contributed by atoms with Crippen LogP contribution >= 0.6 is 23.1 Å². The van der Waals surface area contributed by atoms with Gasteiger partial charge in [0.1, 0.15) is 5.01 Å². The fourth-order valence-corrected chi connectivity index (χ4v) is 5.54. The summed E-state index contributed by atoms with van der Waals surface area (Å²) in [5.41, 5.74) is 5.40. The third-order valence-corrected chi connectivity index (χ3v) is 6.86. The summed E-state index contributed by atoms with van der Waals surface area (Å²) in [6.45, 7) is 2.11. The summed E-state index contributed by atoms with van der Waals surface area (Å²) in [5.74, 6) is 1.30. The van der Waals surface area contributed by atoms with Gasteiger partial charge < -0.3 is 5.32 Å². The lowest BCUT2D eigenvalue weighted by Gasteiger charge is -2.19. The molecule has 4 rings (SSSR count). The minimum atomic E-state index is 0.638. The Morgan fingerprint density at radius 3 is 3.10 bits per heavy atom. The molecular formula is C17H20N2S2. The molecule has 110 valence electrons. The first-order valence-electron chi connectivity index (χ1n) is 7.80. The molecule has 2 aliphatic rings. The second-order valence-corrected chi connectivity index (χ2v) is 8.04. The SMILES string of the molecule is c1cc2c(cc1-c1csc(C3CCCCS3)n1)CCNC2. The van der Waals surface area contributed by atoms with E-state index in [0.717, 1.165) is 19.5 Å². The standard InChI is InChI=1S/C17H20N2S2/c1-2-8-20-16(3-1)17-19-15(11-21-17)13-4-5-14-10-18-7-6-12(14)9-13/h4-5,9,11,16,18H,1-3,6-8,10H2. The van der Waals surface area contributed by atoms with Gasteiger partial charge in [0.05, 0.1) is 10.9 Å². The zero-order chi connectivity index (χ0) is 14.1. The van der Waals surface area contributed by atoms with Gasteiger partial charge in [0.2, 0.25) is 0 Å². The first kappa shape index (κ1) is 13.8. The van der Waals surface area contributed by atoms with Gasteiger partial charge in [0.25, 0.3) is 0 Å². The van der Waals surface area contributed by atoms with Crippen LogP contribution in [0.4, 0.5) is 0 Å². The molecule has 2 nitrogen and oxygen atoms in total. The Labute approximate surface area is 134 Å². The molecule has 1 atom stereocenters. The fraction of sp³-hybridized carbons (Fsp3) is 0.471. The van der Waals surface area contributed by atoms with Crippen molar-refractivity contribution in [3.8, 4) is 11.3 Å². The number of thioether (sulfide) groups is 1. The Morgan fingerprint density at radius 2 is 2.19 bits per heavy atom. The van der Waals surface area contributed by atoms with Crippen molar-refractivity contribution in [2.45, 2.75) is 37.5 Å². The highest BCUT2D eigenvalue weighted by Crippen LogP contribution is 2.40. The number of nitrogens with zero attached hydrogens (tertiary/aromatic N) is 1. The van der Waals surface area contributed by atoms with Crippen LogP contribution in [0.2, 0.25) is 0 Å². The van der Waals surface area contributed by atoms with Gasteiger partial charge in [-0.2, -0.15) is 11.8 Å². The second-order valence-electron chi connectivity index (χ2n) is 5.84. The highest BCUT2D eigenvalue weighted by atomic mass is 32.2. The summed E-state index contributed by atoms with van der Waals surface area (Å²) in [6, 6.07) is 6.85. The van der Waals surface area contributed by atoms with Gasteiger partial charge in [0.15, 0.2) is 0 Å². The quantitative estimate of drug-likeness (QED) is 0.888. The van der Waals surface area contributed by atoms with Crippen LogP contribution in [0.3, 0.4) is 0 Å². The molecule has 21 heavy (non-hydrogen) atoms. The van der Waals surface area contributed by atoms with Crippen LogP contribution in [-0.2, 0) is 13.0 Å². The number of hydrogen-bond donors (Lipinski definition) is 1. The molecule has 0 spiro atoms. The molecule has 3 heterocycles. The predicted molar refractivity (Wildman–Crippen MR) is 92.0 cm³/mol. The van der Waals surface area contributed by atoms with Gasteiger partial charge in [-0.05, 0) is 48.8 Å². The van der Waals surface area contributed by atoms with Crippen LogP contribution in [0.15, 0.2) is 23.6 Å². The summed E-state index contributed by atoms with van der Waals surface area (Å²) < 4.78 is 0. The Balaban J connectivity index is 1.60. The molecule has 1 N–H and O–H groups in total. The molecule has 0 amide bonds. The van der Waals surface area contributed by atoms with Crippen LogP contribution in [0.25, 0.3) is 11.3 Å². The van der Waals surface area contributed by atoms with E-state index < -0.39 is 0 Å². The number of fused-ring (bicyclic) bond motifs is 1. The van der Waals surface area contributed by atoms with Gasteiger partial charge in [-0.15, -0.1) is 11.3 Å².